The number of hydrogen-bond donors (Lipinski definition) is 0. The molecule has 0 aliphatic rings. The molecule has 0 aliphatic carbocycles. The molecule has 1 heteroatoms. The van der Waals surface area contributed by atoms with Crippen LogP contribution in [0.1, 0.15) is 84.6 Å². The second kappa shape index (κ2) is 12.3. The van der Waals surface area contributed by atoms with Crippen molar-refractivity contribution in [3.63, 3.8) is 0 Å². The minimum Gasteiger partial charge on any atom is -0.207 e. The van der Waals surface area contributed by atoms with Crippen LogP contribution in [0.25, 0.3) is 0 Å². The van der Waals surface area contributed by atoms with Crippen molar-refractivity contribution in [1.82, 2.24) is 0 Å². The third kappa shape index (κ3) is 8.21. The van der Waals surface area contributed by atoms with E-state index in [0.29, 0.717) is 11.8 Å². The average molecular weight is 347 g/mol. The van der Waals surface area contributed by atoms with Gasteiger partial charge in [-0.3, -0.25) is 0 Å². The van der Waals surface area contributed by atoms with Crippen molar-refractivity contribution in [2.24, 2.45) is 17.8 Å². The minimum atomic E-state index is -0.145. The molecule has 0 fully saturated rings. The second-order valence-corrected chi connectivity index (χ2v) is 7.78. The second-order valence-electron chi connectivity index (χ2n) is 7.78. The number of rotatable bonds is 13. The summed E-state index contributed by atoms with van der Waals surface area (Å²) >= 11 is 0. The number of hydrogen-bond acceptors (Lipinski definition) is 0. The van der Waals surface area contributed by atoms with Crippen molar-refractivity contribution in [3.05, 3.63) is 47.8 Å². The zero-order valence-corrected chi connectivity index (χ0v) is 17.0. The first kappa shape index (κ1) is 21.9. The fourth-order valence-corrected chi connectivity index (χ4v) is 3.84. The van der Waals surface area contributed by atoms with Crippen LogP contribution in [0.5, 0.6) is 0 Å². The van der Waals surface area contributed by atoms with Gasteiger partial charge in [0.05, 0.1) is 0 Å². The lowest BCUT2D eigenvalue weighted by Crippen LogP contribution is -2.15. The summed E-state index contributed by atoms with van der Waals surface area (Å²) in [6.45, 7) is 13.7. The topological polar surface area (TPSA) is 0 Å². The fraction of sp³-hybridized carbons (Fsp3) is 0.667. The number of allylic oxidation sites excluding steroid dienone is 1. The van der Waals surface area contributed by atoms with E-state index < -0.39 is 0 Å². The van der Waals surface area contributed by atoms with Gasteiger partial charge in [-0.1, -0.05) is 84.1 Å². The molecule has 0 spiro atoms. The van der Waals surface area contributed by atoms with E-state index in [1.807, 2.05) is 12.1 Å². The Labute approximate surface area is 155 Å². The van der Waals surface area contributed by atoms with Crippen LogP contribution in [-0.4, -0.2) is 0 Å². The van der Waals surface area contributed by atoms with Gasteiger partial charge in [0.2, 0.25) is 0 Å². The first-order chi connectivity index (χ1) is 12.0. The molecule has 0 N–H and O–H groups in total. The van der Waals surface area contributed by atoms with Gasteiger partial charge in [-0.05, 0) is 61.1 Å². The Bertz CT molecular complexity index is 473. The van der Waals surface area contributed by atoms with Crippen molar-refractivity contribution in [3.8, 4) is 0 Å². The highest BCUT2D eigenvalue weighted by Crippen LogP contribution is 2.32. The molecule has 0 saturated heterocycles. The van der Waals surface area contributed by atoms with Crippen LogP contribution >= 0.6 is 0 Å². The van der Waals surface area contributed by atoms with E-state index in [4.69, 9.17) is 0 Å². The maximum Gasteiger partial charge on any atom is 0.123 e. The standard InChI is InChI=1S/C24H39F/c1-6-9-11-23(10-7-2)20(5)19(4)12-13-21(8-3)18-22-14-16-24(25)17-15-22/h14-17,20-21,23H,4,6-13,18H2,1-3,5H3/t20-,21?,23?/m0/s1. The van der Waals surface area contributed by atoms with Gasteiger partial charge in [0.1, 0.15) is 5.82 Å². The maximum atomic E-state index is 13.1. The van der Waals surface area contributed by atoms with Crippen molar-refractivity contribution in [2.45, 2.75) is 85.5 Å². The molecule has 142 valence electrons. The third-order valence-electron chi connectivity index (χ3n) is 5.83. The SMILES string of the molecule is C=C(CCC(CC)Cc1ccc(F)cc1)[C@H](C)C(CCC)CCCC. The first-order valence-corrected chi connectivity index (χ1v) is 10.4. The van der Waals surface area contributed by atoms with Crippen LogP contribution in [0.3, 0.4) is 0 Å². The van der Waals surface area contributed by atoms with Gasteiger partial charge in [0.25, 0.3) is 0 Å². The molecule has 2 unspecified atom stereocenters. The summed E-state index contributed by atoms with van der Waals surface area (Å²) < 4.78 is 13.1. The molecule has 1 aromatic rings. The summed E-state index contributed by atoms with van der Waals surface area (Å²) in [5.41, 5.74) is 2.69. The van der Waals surface area contributed by atoms with Crippen LogP contribution < -0.4 is 0 Å². The largest absolute Gasteiger partial charge is 0.207 e. The highest BCUT2D eigenvalue weighted by Gasteiger charge is 2.19. The summed E-state index contributed by atoms with van der Waals surface area (Å²) in [6.07, 6.45) is 11.1. The predicted molar refractivity (Wildman–Crippen MR) is 109 cm³/mol. The Morgan fingerprint density at radius 1 is 1.00 bits per heavy atom. The molecule has 0 radical (unpaired) electrons. The Morgan fingerprint density at radius 3 is 2.24 bits per heavy atom. The molecule has 0 amide bonds. The molecule has 0 saturated carbocycles. The lowest BCUT2D eigenvalue weighted by atomic mass is 9.79. The molecule has 0 aliphatic heterocycles. The van der Waals surface area contributed by atoms with E-state index in [1.54, 1.807) is 12.1 Å². The van der Waals surface area contributed by atoms with Crippen molar-refractivity contribution in [2.75, 3.05) is 0 Å². The van der Waals surface area contributed by atoms with Gasteiger partial charge < -0.3 is 0 Å². The monoisotopic (exact) mass is 346 g/mol. The quantitative estimate of drug-likeness (QED) is 0.318. The number of benzene rings is 1. The zero-order chi connectivity index (χ0) is 18.7. The van der Waals surface area contributed by atoms with Gasteiger partial charge in [0.15, 0.2) is 0 Å². The third-order valence-corrected chi connectivity index (χ3v) is 5.83. The molecule has 0 heterocycles. The lowest BCUT2D eigenvalue weighted by Gasteiger charge is -2.26. The van der Waals surface area contributed by atoms with Crippen LogP contribution in [0, 0.1) is 23.6 Å². The van der Waals surface area contributed by atoms with Gasteiger partial charge in [-0.2, -0.15) is 0 Å². The van der Waals surface area contributed by atoms with Crippen LogP contribution in [-0.2, 0) is 6.42 Å². The van der Waals surface area contributed by atoms with E-state index in [9.17, 15) is 4.39 Å². The highest BCUT2D eigenvalue weighted by molar-refractivity contribution is 5.16. The summed E-state index contributed by atoms with van der Waals surface area (Å²) in [5, 5.41) is 0. The Morgan fingerprint density at radius 2 is 1.68 bits per heavy atom. The first-order valence-electron chi connectivity index (χ1n) is 10.4. The molecule has 0 nitrogen and oxygen atoms in total. The summed E-state index contributed by atoms with van der Waals surface area (Å²) in [4.78, 5) is 0. The molecule has 1 rings (SSSR count). The van der Waals surface area contributed by atoms with Crippen LogP contribution in [0.2, 0.25) is 0 Å². The Balaban J connectivity index is 2.51. The number of halogens is 1. The van der Waals surface area contributed by atoms with Crippen molar-refractivity contribution < 1.29 is 4.39 Å². The van der Waals surface area contributed by atoms with E-state index in [2.05, 4.69) is 34.3 Å². The van der Waals surface area contributed by atoms with Crippen LogP contribution in [0.15, 0.2) is 36.4 Å². The van der Waals surface area contributed by atoms with Crippen LogP contribution in [0.4, 0.5) is 4.39 Å². The molecular weight excluding hydrogens is 307 g/mol. The van der Waals surface area contributed by atoms with Crippen molar-refractivity contribution >= 4 is 0 Å². The average Bonchev–Trinajstić information content (AvgIpc) is 2.62. The summed E-state index contributed by atoms with van der Waals surface area (Å²) in [5.74, 6) is 1.95. The number of unbranched alkanes of at least 4 members (excludes halogenated alkanes) is 1. The fourth-order valence-electron chi connectivity index (χ4n) is 3.84. The summed E-state index contributed by atoms with van der Waals surface area (Å²) in [6, 6.07) is 7.01. The summed E-state index contributed by atoms with van der Waals surface area (Å²) in [7, 11) is 0. The molecule has 3 atom stereocenters. The van der Waals surface area contributed by atoms with Gasteiger partial charge in [0, 0.05) is 0 Å². The van der Waals surface area contributed by atoms with Gasteiger partial charge >= 0.3 is 0 Å². The van der Waals surface area contributed by atoms with E-state index in [-0.39, 0.29) is 5.82 Å². The van der Waals surface area contributed by atoms with Gasteiger partial charge in [-0.25, -0.2) is 4.39 Å². The van der Waals surface area contributed by atoms with E-state index >= 15 is 0 Å². The molecular formula is C24H39F. The van der Waals surface area contributed by atoms with E-state index in [1.165, 1.54) is 56.1 Å². The smallest absolute Gasteiger partial charge is 0.123 e. The molecule has 25 heavy (non-hydrogen) atoms. The van der Waals surface area contributed by atoms with E-state index in [0.717, 1.165) is 18.8 Å². The normalized spacial score (nSPS) is 14.9. The minimum absolute atomic E-state index is 0.145. The molecule has 0 aromatic heterocycles. The molecule has 1 aromatic carbocycles. The van der Waals surface area contributed by atoms with Crippen molar-refractivity contribution in [1.29, 1.82) is 0 Å². The maximum absolute atomic E-state index is 13.1. The van der Waals surface area contributed by atoms with Gasteiger partial charge in [-0.15, -0.1) is 0 Å². The Kier molecular flexibility index (Phi) is 10.8. The molecule has 0 bridgehead atoms. The highest BCUT2D eigenvalue weighted by atomic mass is 19.1. The lowest BCUT2D eigenvalue weighted by molar-refractivity contribution is 0.329. The Hall–Kier alpha value is -1.11. The zero-order valence-electron chi connectivity index (χ0n) is 17.0. The predicted octanol–water partition coefficient (Wildman–Crippen LogP) is 7.97.